The molecule has 9 nitrogen and oxygen atoms in total. The largest absolute Gasteiger partial charge is 0.493 e. The first-order valence-electron chi connectivity index (χ1n) is 10.3. The van der Waals surface area contributed by atoms with Crippen LogP contribution in [0.5, 0.6) is 11.5 Å². The fourth-order valence-corrected chi connectivity index (χ4v) is 3.60. The second-order valence-electron chi connectivity index (χ2n) is 7.32. The number of urea groups is 1. The molecule has 0 spiro atoms. The molecule has 0 aliphatic carbocycles. The summed E-state index contributed by atoms with van der Waals surface area (Å²) in [5.74, 6) is 0.878. The molecule has 0 radical (unpaired) electrons. The topological polar surface area (TPSA) is 112 Å². The molecule has 3 rings (SSSR count). The molecule has 2 aromatic carbocycles. The maximum atomic E-state index is 12.5. The number of nitrogens with zero attached hydrogens (tertiary/aromatic N) is 2. The smallest absolute Gasteiger partial charge is 0.337 e. The zero-order valence-electron chi connectivity index (χ0n) is 18.6. The number of rotatable bonds is 6. The number of methoxy groups -OCH3 is 2. The molecule has 0 saturated heterocycles. The summed E-state index contributed by atoms with van der Waals surface area (Å²) in [7, 11) is 4.71. The van der Waals surface area contributed by atoms with Crippen molar-refractivity contribution in [2.24, 2.45) is 5.10 Å². The predicted octanol–water partition coefficient (Wildman–Crippen LogP) is 1.76. The number of carbonyl (C=O) groups is 2. The lowest BCUT2D eigenvalue weighted by molar-refractivity contribution is 0.0944. The average molecular weight is 441 g/mol. The molecule has 0 fully saturated rings. The molecular weight excluding hydrogens is 412 g/mol. The van der Waals surface area contributed by atoms with Crippen molar-refractivity contribution in [3.63, 3.8) is 0 Å². The van der Waals surface area contributed by atoms with Gasteiger partial charge in [0, 0.05) is 30.3 Å². The van der Waals surface area contributed by atoms with Crippen LogP contribution in [0.1, 0.15) is 34.0 Å². The van der Waals surface area contributed by atoms with Crippen LogP contribution < -0.4 is 20.1 Å². The molecule has 3 amide bonds. The zero-order chi connectivity index (χ0) is 23.3. The van der Waals surface area contributed by atoms with Gasteiger partial charge in [-0.05, 0) is 43.2 Å². The summed E-state index contributed by atoms with van der Waals surface area (Å²) in [6, 6.07) is 10.2. The standard InChI is InChI=1S/C23H28N4O5/c1-14-11-17-12-19(31-3)20(32-4)13-18(17)21(26-27(14)23(30)24-2)15-5-7-16(8-6-15)22(29)25-9-10-28/h5-8,12-14,28H,9-11H2,1-4H3,(H,24,30)(H,25,29). The van der Waals surface area contributed by atoms with Gasteiger partial charge >= 0.3 is 6.03 Å². The lowest BCUT2D eigenvalue weighted by Gasteiger charge is -2.22. The van der Waals surface area contributed by atoms with Crippen LogP contribution in [0.4, 0.5) is 4.79 Å². The number of ether oxygens (including phenoxy) is 2. The second kappa shape index (κ2) is 10.1. The zero-order valence-corrected chi connectivity index (χ0v) is 18.6. The summed E-state index contributed by atoms with van der Waals surface area (Å²) < 4.78 is 11.0. The number of nitrogens with one attached hydrogen (secondary N) is 2. The van der Waals surface area contributed by atoms with Crippen LogP contribution in [-0.4, -0.2) is 68.2 Å². The Labute approximate surface area is 187 Å². The monoisotopic (exact) mass is 440 g/mol. The van der Waals surface area contributed by atoms with Gasteiger partial charge in [0.1, 0.15) is 0 Å². The highest BCUT2D eigenvalue weighted by atomic mass is 16.5. The Hall–Kier alpha value is -3.59. The van der Waals surface area contributed by atoms with Gasteiger partial charge in [0.25, 0.3) is 5.91 Å². The summed E-state index contributed by atoms with van der Waals surface area (Å²) in [5, 5.41) is 20.3. The Morgan fingerprint density at radius 1 is 1.16 bits per heavy atom. The number of hydrogen-bond donors (Lipinski definition) is 3. The second-order valence-corrected chi connectivity index (χ2v) is 7.32. The van der Waals surface area contributed by atoms with E-state index in [-0.39, 0.29) is 31.1 Å². The molecule has 32 heavy (non-hydrogen) atoms. The van der Waals surface area contributed by atoms with E-state index in [0.717, 1.165) is 16.7 Å². The van der Waals surface area contributed by atoms with E-state index in [2.05, 4.69) is 10.6 Å². The van der Waals surface area contributed by atoms with Crippen LogP contribution >= 0.6 is 0 Å². The van der Waals surface area contributed by atoms with Gasteiger partial charge in [-0.2, -0.15) is 5.10 Å². The number of carbonyl (C=O) groups excluding carboxylic acids is 2. The number of benzene rings is 2. The van der Waals surface area contributed by atoms with Crippen LogP contribution in [0.3, 0.4) is 0 Å². The van der Waals surface area contributed by atoms with Crippen molar-refractivity contribution in [3.05, 3.63) is 58.7 Å². The normalized spacial score (nSPS) is 15.2. The van der Waals surface area contributed by atoms with Crippen LogP contribution in [0.25, 0.3) is 0 Å². The highest BCUT2D eigenvalue weighted by Crippen LogP contribution is 2.34. The van der Waals surface area contributed by atoms with Crippen LogP contribution in [0, 0.1) is 0 Å². The minimum absolute atomic E-state index is 0.129. The summed E-state index contributed by atoms with van der Waals surface area (Å²) in [4.78, 5) is 24.7. The Balaban J connectivity index is 2.12. The minimum atomic E-state index is -0.318. The van der Waals surface area contributed by atoms with E-state index in [1.165, 1.54) is 5.01 Å². The molecule has 1 heterocycles. The number of aliphatic hydroxyl groups excluding tert-OH is 1. The molecule has 170 valence electrons. The molecular formula is C23H28N4O5. The Bertz CT molecular complexity index is 1020. The highest BCUT2D eigenvalue weighted by Gasteiger charge is 2.28. The van der Waals surface area contributed by atoms with E-state index in [4.69, 9.17) is 19.7 Å². The van der Waals surface area contributed by atoms with Gasteiger partial charge < -0.3 is 25.2 Å². The van der Waals surface area contributed by atoms with Crippen molar-refractivity contribution in [3.8, 4) is 11.5 Å². The summed E-state index contributed by atoms with van der Waals surface area (Å²) in [6.45, 7) is 1.98. The van der Waals surface area contributed by atoms with E-state index in [9.17, 15) is 9.59 Å². The van der Waals surface area contributed by atoms with Crippen molar-refractivity contribution in [1.29, 1.82) is 0 Å². The molecule has 9 heteroatoms. The molecule has 1 unspecified atom stereocenters. The van der Waals surface area contributed by atoms with Gasteiger partial charge in [0.15, 0.2) is 11.5 Å². The van der Waals surface area contributed by atoms with Gasteiger partial charge in [0.2, 0.25) is 0 Å². The van der Waals surface area contributed by atoms with Gasteiger partial charge in [0.05, 0.1) is 32.6 Å². The maximum Gasteiger partial charge on any atom is 0.337 e. The van der Waals surface area contributed by atoms with Gasteiger partial charge in [-0.1, -0.05) is 12.1 Å². The van der Waals surface area contributed by atoms with E-state index in [0.29, 0.717) is 29.2 Å². The fourth-order valence-electron chi connectivity index (χ4n) is 3.60. The number of amides is 3. The van der Waals surface area contributed by atoms with E-state index in [1.54, 1.807) is 45.5 Å². The number of hydrogen-bond acceptors (Lipinski definition) is 6. The molecule has 2 aromatic rings. The van der Waals surface area contributed by atoms with Crippen LogP contribution in [0.2, 0.25) is 0 Å². The molecule has 0 saturated carbocycles. The summed E-state index contributed by atoms with van der Waals surface area (Å²) in [6.07, 6.45) is 0.567. The fraction of sp³-hybridized carbons (Fsp3) is 0.348. The van der Waals surface area contributed by atoms with Crippen molar-refractivity contribution >= 4 is 17.6 Å². The molecule has 1 aliphatic rings. The lowest BCUT2D eigenvalue weighted by Crippen LogP contribution is -2.41. The molecule has 0 aromatic heterocycles. The number of fused-ring (bicyclic) bond motifs is 1. The molecule has 3 N–H and O–H groups in total. The first-order chi connectivity index (χ1) is 15.4. The van der Waals surface area contributed by atoms with Crippen molar-refractivity contribution in [1.82, 2.24) is 15.6 Å². The SMILES string of the molecule is CNC(=O)N1N=C(c2ccc(C(=O)NCCO)cc2)c2cc(OC)c(OC)cc2CC1C. The molecule has 1 aliphatic heterocycles. The summed E-state index contributed by atoms with van der Waals surface area (Å²) in [5.41, 5.74) is 3.56. The first kappa shape index (κ1) is 23.1. The number of hydrazone groups is 1. The first-order valence-corrected chi connectivity index (χ1v) is 10.3. The minimum Gasteiger partial charge on any atom is -0.493 e. The van der Waals surface area contributed by atoms with Crippen LogP contribution in [0.15, 0.2) is 41.5 Å². The van der Waals surface area contributed by atoms with Gasteiger partial charge in [-0.15, -0.1) is 0 Å². The Morgan fingerprint density at radius 3 is 2.41 bits per heavy atom. The Morgan fingerprint density at radius 2 is 1.81 bits per heavy atom. The van der Waals surface area contributed by atoms with Crippen LogP contribution in [-0.2, 0) is 6.42 Å². The van der Waals surface area contributed by atoms with Crippen molar-refractivity contribution in [2.45, 2.75) is 19.4 Å². The van der Waals surface area contributed by atoms with E-state index >= 15 is 0 Å². The number of aliphatic hydroxyl groups is 1. The Kier molecular flexibility index (Phi) is 7.32. The highest BCUT2D eigenvalue weighted by molar-refractivity contribution is 6.15. The van der Waals surface area contributed by atoms with E-state index < -0.39 is 0 Å². The van der Waals surface area contributed by atoms with Gasteiger partial charge in [-0.3, -0.25) is 4.79 Å². The average Bonchev–Trinajstić information content (AvgIpc) is 2.96. The predicted molar refractivity (Wildman–Crippen MR) is 121 cm³/mol. The van der Waals surface area contributed by atoms with Crippen molar-refractivity contribution < 1.29 is 24.2 Å². The molecule has 1 atom stereocenters. The lowest BCUT2D eigenvalue weighted by atomic mass is 9.93. The maximum absolute atomic E-state index is 12.5. The quantitative estimate of drug-likeness (QED) is 0.634. The third-order valence-electron chi connectivity index (χ3n) is 5.24. The third-order valence-corrected chi connectivity index (χ3v) is 5.24. The molecule has 0 bridgehead atoms. The summed E-state index contributed by atoms with van der Waals surface area (Å²) >= 11 is 0. The van der Waals surface area contributed by atoms with Gasteiger partial charge in [-0.25, -0.2) is 9.80 Å². The third kappa shape index (κ3) is 4.67. The van der Waals surface area contributed by atoms with Crippen molar-refractivity contribution in [2.75, 3.05) is 34.4 Å². The van der Waals surface area contributed by atoms with E-state index in [1.807, 2.05) is 19.1 Å².